The minimum absolute atomic E-state index is 0.107. The van der Waals surface area contributed by atoms with Gasteiger partial charge in [0.1, 0.15) is 23.4 Å². The minimum atomic E-state index is -0.527. The molecule has 4 aromatic carbocycles. The molecule has 0 fully saturated rings. The van der Waals surface area contributed by atoms with Crippen molar-refractivity contribution in [3.63, 3.8) is 0 Å². The van der Waals surface area contributed by atoms with E-state index in [0.29, 0.717) is 48.6 Å². The van der Waals surface area contributed by atoms with Gasteiger partial charge in [-0.15, -0.1) is 0 Å². The molecule has 4 atom stereocenters. The second-order valence-electron chi connectivity index (χ2n) is 13.0. The van der Waals surface area contributed by atoms with Gasteiger partial charge in [0.2, 0.25) is 5.91 Å². The van der Waals surface area contributed by atoms with E-state index in [-0.39, 0.29) is 36.3 Å². The van der Waals surface area contributed by atoms with Gasteiger partial charge in [0, 0.05) is 25.6 Å². The largest absolute Gasteiger partial charge is 0.486 e. The molecule has 9 heteroatoms. The number of hydrogen-bond acceptors (Lipinski definition) is 6. The van der Waals surface area contributed by atoms with Crippen molar-refractivity contribution < 1.29 is 28.6 Å². The number of hydrogen-bond donors (Lipinski definition) is 2. The van der Waals surface area contributed by atoms with Gasteiger partial charge in [0.25, 0.3) is 5.91 Å². The van der Waals surface area contributed by atoms with Crippen LogP contribution in [0, 0.1) is 18.7 Å². The molecular weight excluding hydrogens is 621 g/mol. The summed E-state index contributed by atoms with van der Waals surface area (Å²) in [7, 11) is 2.02. The normalized spacial score (nSPS) is 17.4. The number of aliphatic hydroxyl groups excluding tert-OH is 1. The van der Waals surface area contributed by atoms with E-state index < -0.39 is 12.0 Å². The summed E-state index contributed by atoms with van der Waals surface area (Å²) in [4.78, 5) is 31.4. The fraction of sp³-hybridized carbons (Fsp3) is 0.350. The lowest BCUT2D eigenvalue weighted by Crippen LogP contribution is -2.49. The lowest BCUT2D eigenvalue weighted by molar-refractivity contribution is -0.117. The number of ether oxygens (including phenoxy) is 2. The number of amides is 2. The fourth-order valence-corrected chi connectivity index (χ4v) is 6.19. The zero-order valence-corrected chi connectivity index (χ0v) is 28.9. The standard InChI is InChI=1S/C40H46FN3O5/c1-6-33(30-16-18-31(41)19-17-30)39(46)42-35-12-9-11-34-38(35)49-37(27(3)22-44(40(34)47)28(4)25-45)24-43(5)23-29-14-20-32(21-15-29)48-36-13-8-7-10-26(36)2/h7-21,27-28,33,37,45H,6,22-25H2,1-5H3,(H,42,46)/t27-,28?,33?,37-/m1/s1. The van der Waals surface area contributed by atoms with Crippen LogP contribution >= 0.6 is 0 Å². The summed E-state index contributed by atoms with van der Waals surface area (Å²) in [6.07, 6.45) is 0.142. The predicted octanol–water partition coefficient (Wildman–Crippen LogP) is 7.41. The highest BCUT2D eigenvalue weighted by atomic mass is 19.1. The van der Waals surface area contributed by atoms with Gasteiger partial charge < -0.3 is 24.8 Å². The van der Waals surface area contributed by atoms with Crippen molar-refractivity contribution in [2.24, 2.45) is 5.92 Å². The lowest BCUT2D eigenvalue weighted by Gasteiger charge is -2.38. The average Bonchev–Trinajstić information content (AvgIpc) is 3.09. The third-order valence-corrected chi connectivity index (χ3v) is 9.14. The van der Waals surface area contributed by atoms with Gasteiger partial charge >= 0.3 is 0 Å². The van der Waals surface area contributed by atoms with E-state index in [4.69, 9.17) is 9.47 Å². The summed E-state index contributed by atoms with van der Waals surface area (Å²) < 4.78 is 26.4. The van der Waals surface area contributed by atoms with E-state index >= 15 is 0 Å². The van der Waals surface area contributed by atoms with E-state index in [9.17, 15) is 19.1 Å². The SMILES string of the molecule is CCC(C(=O)Nc1cccc2c1O[C@H](CN(C)Cc1ccc(Oc3ccccc3C)cc1)[C@H](C)CN(C(C)CO)C2=O)c1ccc(F)cc1. The van der Waals surface area contributed by atoms with Crippen LogP contribution in [0.25, 0.3) is 0 Å². The minimum Gasteiger partial charge on any atom is -0.486 e. The van der Waals surface area contributed by atoms with Crippen LogP contribution in [-0.2, 0) is 11.3 Å². The summed E-state index contributed by atoms with van der Waals surface area (Å²) in [5.41, 5.74) is 3.57. The number of likely N-dealkylation sites (N-methyl/N-ethyl adjacent to an activating group) is 1. The van der Waals surface area contributed by atoms with Crippen molar-refractivity contribution in [1.82, 2.24) is 9.80 Å². The van der Waals surface area contributed by atoms with Crippen molar-refractivity contribution in [2.75, 3.05) is 32.1 Å². The van der Waals surface area contributed by atoms with Crippen LogP contribution in [0.5, 0.6) is 17.2 Å². The van der Waals surface area contributed by atoms with Crippen LogP contribution < -0.4 is 14.8 Å². The molecule has 2 N–H and O–H groups in total. The number of anilines is 1. The molecule has 1 heterocycles. The molecule has 0 spiro atoms. The van der Waals surface area contributed by atoms with Crippen LogP contribution in [0.2, 0.25) is 0 Å². The molecule has 2 unspecified atom stereocenters. The third-order valence-electron chi connectivity index (χ3n) is 9.14. The number of carbonyl (C=O) groups excluding carboxylic acids is 2. The number of nitrogens with zero attached hydrogens (tertiary/aromatic N) is 2. The van der Waals surface area contributed by atoms with Crippen LogP contribution in [-0.4, -0.2) is 65.6 Å². The molecule has 1 aliphatic rings. The highest BCUT2D eigenvalue weighted by molar-refractivity contribution is 6.03. The smallest absolute Gasteiger partial charge is 0.258 e. The molecule has 49 heavy (non-hydrogen) atoms. The zero-order valence-electron chi connectivity index (χ0n) is 28.9. The Morgan fingerprint density at radius 2 is 1.78 bits per heavy atom. The summed E-state index contributed by atoms with van der Waals surface area (Å²) >= 11 is 0. The Morgan fingerprint density at radius 1 is 1.06 bits per heavy atom. The highest BCUT2D eigenvalue weighted by Crippen LogP contribution is 2.36. The molecule has 1 aliphatic heterocycles. The predicted molar refractivity (Wildman–Crippen MR) is 190 cm³/mol. The Labute approximate surface area is 288 Å². The van der Waals surface area contributed by atoms with Gasteiger partial charge in [-0.05, 0) is 86.5 Å². The maximum atomic E-state index is 13.9. The van der Waals surface area contributed by atoms with E-state index in [2.05, 4.69) is 10.2 Å². The van der Waals surface area contributed by atoms with E-state index in [1.54, 1.807) is 35.2 Å². The quantitative estimate of drug-likeness (QED) is 0.164. The van der Waals surface area contributed by atoms with Gasteiger partial charge in [-0.3, -0.25) is 14.5 Å². The van der Waals surface area contributed by atoms with E-state index in [1.807, 2.05) is 83.3 Å². The molecule has 8 nitrogen and oxygen atoms in total. The summed E-state index contributed by atoms with van der Waals surface area (Å²) in [6.45, 7) is 9.16. The van der Waals surface area contributed by atoms with E-state index in [0.717, 1.165) is 22.6 Å². The topological polar surface area (TPSA) is 91.3 Å². The van der Waals surface area contributed by atoms with Crippen LogP contribution in [0.4, 0.5) is 10.1 Å². The van der Waals surface area contributed by atoms with Gasteiger partial charge in [-0.2, -0.15) is 0 Å². The summed E-state index contributed by atoms with van der Waals surface area (Å²) in [5, 5.41) is 13.1. The van der Waals surface area contributed by atoms with Crippen molar-refractivity contribution in [3.8, 4) is 17.2 Å². The molecule has 258 valence electrons. The second-order valence-corrected chi connectivity index (χ2v) is 13.0. The number of nitrogens with one attached hydrogen (secondary N) is 1. The van der Waals surface area contributed by atoms with Crippen LogP contribution in [0.1, 0.15) is 60.2 Å². The molecule has 0 bridgehead atoms. The fourth-order valence-electron chi connectivity index (χ4n) is 6.19. The van der Waals surface area contributed by atoms with Gasteiger partial charge in [0.15, 0.2) is 5.75 Å². The number of carbonyl (C=O) groups is 2. The maximum absolute atomic E-state index is 13.9. The summed E-state index contributed by atoms with van der Waals surface area (Å²) in [6, 6.07) is 26.6. The lowest BCUT2D eigenvalue weighted by atomic mass is 9.95. The highest BCUT2D eigenvalue weighted by Gasteiger charge is 2.35. The van der Waals surface area contributed by atoms with Crippen molar-refractivity contribution in [1.29, 1.82) is 0 Å². The van der Waals surface area contributed by atoms with Crippen molar-refractivity contribution in [3.05, 3.63) is 119 Å². The first-order chi connectivity index (χ1) is 23.6. The van der Waals surface area contributed by atoms with Gasteiger partial charge in [-0.25, -0.2) is 4.39 Å². The van der Waals surface area contributed by atoms with Gasteiger partial charge in [0.05, 0.1) is 29.8 Å². The second kappa shape index (κ2) is 16.1. The molecule has 2 amide bonds. The first-order valence-corrected chi connectivity index (χ1v) is 16.9. The molecule has 4 aromatic rings. The Morgan fingerprint density at radius 3 is 2.45 bits per heavy atom. The number of aliphatic hydroxyl groups is 1. The van der Waals surface area contributed by atoms with Gasteiger partial charge in [-0.1, -0.05) is 62.4 Å². The molecular formula is C40H46FN3O5. The Bertz CT molecular complexity index is 1730. The Hall–Kier alpha value is -4.73. The number of fused-ring (bicyclic) bond motifs is 1. The van der Waals surface area contributed by atoms with Crippen molar-refractivity contribution >= 4 is 17.5 Å². The monoisotopic (exact) mass is 667 g/mol. The maximum Gasteiger partial charge on any atom is 0.258 e. The summed E-state index contributed by atoms with van der Waals surface area (Å²) in [5.74, 6) is 0.325. The Kier molecular flexibility index (Phi) is 11.7. The molecule has 5 rings (SSSR count). The van der Waals surface area contributed by atoms with Crippen LogP contribution in [0.15, 0.2) is 91.0 Å². The average molecular weight is 668 g/mol. The number of rotatable bonds is 12. The Balaban J connectivity index is 1.37. The zero-order chi connectivity index (χ0) is 35.1. The molecule has 0 aliphatic carbocycles. The molecule has 0 aromatic heterocycles. The van der Waals surface area contributed by atoms with E-state index in [1.165, 1.54) is 12.1 Å². The molecule has 0 saturated carbocycles. The van der Waals surface area contributed by atoms with Crippen LogP contribution in [0.3, 0.4) is 0 Å². The number of para-hydroxylation sites is 2. The third kappa shape index (κ3) is 8.66. The first-order valence-electron chi connectivity index (χ1n) is 16.9. The molecule has 0 radical (unpaired) electrons. The number of benzene rings is 4. The molecule has 0 saturated heterocycles. The number of aryl methyl sites for hydroxylation is 1. The van der Waals surface area contributed by atoms with Crippen molar-refractivity contribution in [2.45, 2.75) is 58.7 Å². The number of halogens is 1. The first kappa shape index (κ1) is 35.6.